The van der Waals surface area contributed by atoms with Crippen LogP contribution >= 0.6 is 39.1 Å². The smallest absolute Gasteiger partial charge is 0.162 e. The van der Waals surface area contributed by atoms with E-state index in [0.29, 0.717) is 28.6 Å². The number of carbonyl (C=O) groups is 2. The van der Waals surface area contributed by atoms with Crippen LogP contribution in [0, 0.1) is 10.8 Å². The molecule has 1 heterocycles. The lowest BCUT2D eigenvalue weighted by molar-refractivity contribution is -0.119. The van der Waals surface area contributed by atoms with Crippen molar-refractivity contribution < 1.29 is 14.3 Å². The summed E-state index contributed by atoms with van der Waals surface area (Å²) in [5, 5.41) is 0.956. The van der Waals surface area contributed by atoms with E-state index >= 15 is 0 Å². The van der Waals surface area contributed by atoms with Crippen molar-refractivity contribution in [3.05, 3.63) is 84.6 Å². The molecule has 2 aromatic rings. The summed E-state index contributed by atoms with van der Waals surface area (Å²) in [4.78, 5) is 29.8. The number of carbonyl (C=O) groups excluding carboxylic acids is 2. The molecule has 3 aliphatic rings. The van der Waals surface area contributed by atoms with Gasteiger partial charge in [-0.05, 0) is 59.6 Å². The van der Waals surface area contributed by atoms with Crippen molar-refractivity contribution in [2.75, 3.05) is 7.05 Å². The molecule has 38 heavy (non-hydrogen) atoms. The highest BCUT2D eigenvalue weighted by atomic mass is 79.9. The first-order valence-corrected chi connectivity index (χ1v) is 14.4. The second-order valence-corrected chi connectivity index (χ2v) is 14.0. The summed E-state index contributed by atoms with van der Waals surface area (Å²) in [7, 11) is 2.02. The lowest BCUT2D eigenvalue weighted by Crippen LogP contribution is -2.43. The molecule has 0 amide bonds. The lowest BCUT2D eigenvalue weighted by Gasteiger charge is -2.48. The fraction of sp³-hybridized carbons (Fsp3) is 0.419. The van der Waals surface area contributed by atoms with Crippen molar-refractivity contribution in [2.45, 2.75) is 65.9 Å². The van der Waals surface area contributed by atoms with Gasteiger partial charge in [0.15, 0.2) is 11.6 Å². The predicted molar refractivity (Wildman–Crippen MR) is 156 cm³/mol. The van der Waals surface area contributed by atoms with Crippen LogP contribution in [0.5, 0.6) is 5.75 Å². The highest BCUT2D eigenvalue weighted by Gasteiger charge is 2.48. The maximum Gasteiger partial charge on any atom is 0.162 e. The van der Waals surface area contributed by atoms with E-state index < -0.39 is 5.92 Å². The maximum absolute atomic E-state index is 13.8. The monoisotopic (exact) mass is 615 g/mol. The standard InChI is InChI=1S/C31H32BrCl2NO3/c1-30(2)12-22-28(24(36)14-30)27(29-23(35(22)5)13-31(3,4)15-25(29)37)19-11-18(32)7-9-26(19)38-16-17-6-8-20(33)21(34)10-17/h6-11,27H,12-16H2,1-5H3. The molecule has 200 valence electrons. The third-order valence-corrected chi connectivity index (χ3v) is 9.07. The van der Waals surface area contributed by atoms with Crippen LogP contribution < -0.4 is 4.74 Å². The molecule has 0 fully saturated rings. The van der Waals surface area contributed by atoms with E-state index in [-0.39, 0.29) is 29.0 Å². The van der Waals surface area contributed by atoms with Gasteiger partial charge in [0.2, 0.25) is 0 Å². The molecular formula is C31H32BrCl2NO3. The van der Waals surface area contributed by atoms with Crippen molar-refractivity contribution in [3.63, 3.8) is 0 Å². The van der Waals surface area contributed by atoms with Crippen molar-refractivity contribution in [2.24, 2.45) is 10.8 Å². The SMILES string of the molecule is CN1C2=C(C(=O)CC(C)(C)C2)C(c2cc(Br)ccc2OCc2ccc(Cl)c(Cl)c2)C2=C1CC(C)(C)CC2=O. The number of ether oxygens (including phenoxy) is 1. The van der Waals surface area contributed by atoms with Gasteiger partial charge in [-0.3, -0.25) is 9.59 Å². The number of hydrogen-bond acceptors (Lipinski definition) is 4. The molecular weight excluding hydrogens is 585 g/mol. The summed E-state index contributed by atoms with van der Waals surface area (Å²) in [5.74, 6) is 0.382. The Bertz CT molecular complexity index is 1370. The molecule has 0 atom stereocenters. The second kappa shape index (κ2) is 9.83. The number of nitrogens with zero attached hydrogens (tertiary/aromatic N) is 1. The second-order valence-electron chi connectivity index (χ2n) is 12.3. The van der Waals surface area contributed by atoms with E-state index in [2.05, 4.69) is 48.5 Å². The zero-order valence-electron chi connectivity index (χ0n) is 22.4. The Morgan fingerprint density at radius 3 is 2.00 bits per heavy atom. The average Bonchev–Trinajstić information content (AvgIpc) is 2.80. The molecule has 5 rings (SSSR count). The van der Waals surface area contributed by atoms with E-state index in [1.165, 1.54) is 0 Å². The zero-order valence-corrected chi connectivity index (χ0v) is 25.5. The molecule has 0 spiro atoms. The highest BCUT2D eigenvalue weighted by Crippen LogP contribution is 2.55. The number of halogens is 3. The summed E-state index contributed by atoms with van der Waals surface area (Å²) < 4.78 is 7.23. The van der Waals surface area contributed by atoms with E-state index in [1.807, 2.05) is 31.3 Å². The van der Waals surface area contributed by atoms with Gasteiger partial charge in [0.1, 0.15) is 12.4 Å². The molecule has 0 unspecified atom stereocenters. The quantitative estimate of drug-likeness (QED) is 0.345. The first-order chi connectivity index (χ1) is 17.8. The van der Waals surface area contributed by atoms with Crippen molar-refractivity contribution in [1.29, 1.82) is 0 Å². The van der Waals surface area contributed by atoms with Gasteiger partial charge < -0.3 is 9.64 Å². The maximum atomic E-state index is 13.8. The summed E-state index contributed by atoms with van der Waals surface area (Å²) in [5.41, 5.74) is 4.92. The van der Waals surface area contributed by atoms with Crippen LogP contribution in [-0.4, -0.2) is 23.5 Å². The molecule has 0 bridgehead atoms. The Morgan fingerprint density at radius 1 is 0.868 bits per heavy atom. The van der Waals surface area contributed by atoms with Gasteiger partial charge >= 0.3 is 0 Å². The third-order valence-electron chi connectivity index (χ3n) is 7.84. The van der Waals surface area contributed by atoms with Crippen molar-refractivity contribution >= 4 is 50.7 Å². The topological polar surface area (TPSA) is 46.6 Å². The third kappa shape index (κ3) is 5.10. The number of rotatable bonds is 4. The largest absolute Gasteiger partial charge is 0.489 e. The molecule has 0 saturated carbocycles. The van der Waals surface area contributed by atoms with Crippen molar-refractivity contribution in [3.8, 4) is 5.75 Å². The molecule has 4 nitrogen and oxygen atoms in total. The Morgan fingerprint density at radius 2 is 1.45 bits per heavy atom. The summed E-state index contributed by atoms with van der Waals surface area (Å²) in [6, 6.07) is 11.2. The minimum atomic E-state index is -0.468. The normalized spacial score (nSPS) is 21.0. The number of benzene rings is 2. The van der Waals surface area contributed by atoms with Crippen LogP contribution in [0.1, 0.15) is 70.4 Å². The molecule has 0 aromatic heterocycles. The van der Waals surface area contributed by atoms with Crippen LogP contribution in [0.2, 0.25) is 10.0 Å². The molecule has 0 N–H and O–H groups in total. The Hall–Kier alpha value is -2.08. The van der Waals surface area contributed by atoms with Gasteiger partial charge in [-0.15, -0.1) is 0 Å². The highest BCUT2D eigenvalue weighted by molar-refractivity contribution is 9.10. The van der Waals surface area contributed by atoms with E-state index in [1.54, 1.807) is 12.1 Å². The molecule has 1 aliphatic heterocycles. The van der Waals surface area contributed by atoms with Gasteiger partial charge in [-0.1, -0.05) is 72.9 Å². The van der Waals surface area contributed by atoms with E-state index in [0.717, 1.165) is 51.0 Å². The number of Topliss-reactive ketones (excluding diaryl/α,β-unsaturated/α-hetero) is 2. The summed E-state index contributed by atoms with van der Waals surface area (Å²) in [6.45, 7) is 8.84. The molecule has 2 aliphatic carbocycles. The van der Waals surface area contributed by atoms with Crippen LogP contribution in [0.25, 0.3) is 0 Å². The van der Waals surface area contributed by atoms with Gasteiger partial charge in [0.05, 0.1) is 10.0 Å². The Balaban J connectivity index is 1.66. The van der Waals surface area contributed by atoms with Crippen LogP contribution in [0.4, 0.5) is 0 Å². The minimum Gasteiger partial charge on any atom is -0.489 e. The first-order valence-electron chi connectivity index (χ1n) is 12.9. The molecule has 7 heteroatoms. The summed E-state index contributed by atoms with van der Waals surface area (Å²) >= 11 is 16.0. The van der Waals surface area contributed by atoms with Crippen LogP contribution in [0.15, 0.2) is 63.4 Å². The fourth-order valence-corrected chi connectivity index (χ4v) is 6.84. The number of allylic oxidation sites excluding steroid dienone is 4. The fourth-order valence-electron chi connectivity index (χ4n) is 6.14. The number of hydrogen-bond donors (Lipinski definition) is 0. The van der Waals surface area contributed by atoms with Crippen LogP contribution in [0.3, 0.4) is 0 Å². The minimum absolute atomic E-state index is 0.104. The summed E-state index contributed by atoms with van der Waals surface area (Å²) in [6.07, 6.45) is 2.46. The molecule has 0 saturated heterocycles. The first kappa shape index (κ1) is 27.5. The Kier molecular flexibility index (Phi) is 7.11. The Labute approximate surface area is 243 Å². The van der Waals surface area contributed by atoms with Crippen LogP contribution in [-0.2, 0) is 16.2 Å². The molecule has 0 radical (unpaired) electrons. The predicted octanol–water partition coefficient (Wildman–Crippen LogP) is 8.65. The van der Waals surface area contributed by atoms with E-state index in [4.69, 9.17) is 27.9 Å². The van der Waals surface area contributed by atoms with Gasteiger partial charge in [-0.25, -0.2) is 0 Å². The van der Waals surface area contributed by atoms with Gasteiger partial charge in [0.25, 0.3) is 0 Å². The number of ketones is 2. The molecule has 2 aromatic carbocycles. The lowest BCUT2D eigenvalue weighted by atomic mass is 9.63. The van der Waals surface area contributed by atoms with E-state index in [9.17, 15) is 9.59 Å². The average molecular weight is 617 g/mol. The van der Waals surface area contributed by atoms with Crippen molar-refractivity contribution in [1.82, 2.24) is 4.90 Å². The van der Waals surface area contributed by atoms with Gasteiger partial charge in [-0.2, -0.15) is 0 Å². The van der Waals surface area contributed by atoms with Gasteiger partial charge in [0, 0.05) is 58.4 Å². The zero-order chi connectivity index (χ0) is 27.6.